The molecule has 9 nitrogen and oxygen atoms in total. The van der Waals surface area contributed by atoms with Crippen molar-refractivity contribution in [3.8, 4) is 16.9 Å². The summed E-state index contributed by atoms with van der Waals surface area (Å²) in [5.74, 6) is 0.318. The Balaban J connectivity index is 1.45. The highest BCUT2D eigenvalue weighted by Crippen LogP contribution is 2.35. The van der Waals surface area contributed by atoms with Crippen molar-refractivity contribution in [3.05, 3.63) is 78.5 Å². The summed E-state index contributed by atoms with van der Waals surface area (Å²) >= 11 is 0. The number of halogens is 3. The maximum atomic E-state index is 13.9. The predicted octanol–water partition coefficient (Wildman–Crippen LogP) is 5.29. The van der Waals surface area contributed by atoms with Gasteiger partial charge in [-0.15, -0.1) is 0 Å². The molecule has 0 unspecified atom stereocenters. The zero-order valence-corrected chi connectivity index (χ0v) is 22.7. The van der Waals surface area contributed by atoms with Gasteiger partial charge in [0.15, 0.2) is 0 Å². The van der Waals surface area contributed by atoms with E-state index >= 15 is 0 Å². The van der Waals surface area contributed by atoms with Crippen molar-refractivity contribution >= 4 is 29.1 Å². The molecule has 0 spiro atoms. The molecule has 1 saturated heterocycles. The lowest BCUT2D eigenvalue weighted by Crippen LogP contribution is -2.44. The minimum atomic E-state index is -4.57. The van der Waals surface area contributed by atoms with E-state index in [2.05, 4.69) is 32.4 Å². The molecule has 12 heteroatoms. The fourth-order valence-electron chi connectivity index (χ4n) is 4.38. The standard InChI is InChI=1S/C29H31F3N6O3/c1-4-27(39)36-26-10-7-20(17-33-26)19-6-9-24(25(15-19)41-3)35-28(40)34-22-8-5-21(23(16-22)29(30,31)32)18-38-13-11-37(2)12-14-38/h4-10,15-17H,1,11-14,18H2,2-3H3,(H,33,36,39)(H2,34,35,40). The van der Waals surface area contributed by atoms with E-state index in [1.165, 1.54) is 19.2 Å². The van der Waals surface area contributed by atoms with Gasteiger partial charge < -0.3 is 25.6 Å². The molecule has 0 aliphatic carbocycles. The van der Waals surface area contributed by atoms with Crippen molar-refractivity contribution in [2.75, 3.05) is 56.3 Å². The second kappa shape index (κ2) is 12.8. The lowest BCUT2D eigenvalue weighted by Gasteiger charge is -2.33. The molecule has 3 N–H and O–H groups in total. The van der Waals surface area contributed by atoms with Crippen LogP contribution in [0.2, 0.25) is 0 Å². The van der Waals surface area contributed by atoms with Gasteiger partial charge in [-0.25, -0.2) is 9.78 Å². The van der Waals surface area contributed by atoms with E-state index in [0.717, 1.165) is 36.4 Å². The van der Waals surface area contributed by atoms with E-state index in [-0.39, 0.29) is 23.7 Å². The summed E-state index contributed by atoms with van der Waals surface area (Å²) in [4.78, 5) is 32.5. The number of hydrogen-bond acceptors (Lipinski definition) is 6. The first-order valence-corrected chi connectivity index (χ1v) is 12.8. The molecule has 4 rings (SSSR count). The minimum Gasteiger partial charge on any atom is -0.495 e. The van der Waals surface area contributed by atoms with E-state index < -0.39 is 17.8 Å². The number of benzene rings is 2. The minimum absolute atomic E-state index is 0.0160. The van der Waals surface area contributed by atoms with Gasteiger partial charge in [-0.2, -0.15) is 13.2 Å². The van der Waals surface area contributed by atoms with Crippen LogP contribution in [0.25, 0.3) is 11.1 Å². The largest absolute Gasteiger partial charge is 0.495 e. The molecule has 0 bridgehead atoms. The number of rotatable bonds is 8. The maximum absolute atomic E-state index is 13.9. The van der Waals surface area contributed by atoms with Crippen molar-refractivity contribution in [2.24, 2.45) is 0 Å². The van der Waals surface area contributed by atoms with Crippen LogP contribution in [0.5, 0.6) is 5.75 Å². The van der Waals surface area contributed by atoms with Crippen LogP contribution in [-0.2, 0) is 17.5 Å². The van der Waals surface area contributed by atoms with Crippen molar-refractivity contribution < 1.29 is 27.5 Å². The van der Waals surface area contributed by atoms with Crippen LogP contribution < -0.4 is 20.7 Å². The number of ether oxygens (including phenoxy) is 1. The van der Waals surface area contributed by atoms with Gasteiger partial charge in [0.2, 0.25) is 5.91 Å². The number of piperazine rings is 1. The summed E-state index contributed by atoms with van der Waals surface area (Å²) in [7, 11) is 3.42. The Labute approximate surface area is 236 Å². The van der Waals surface area contributed by atoms with Crippen molar-refractivity contribution in [1.82, 2.24) is 14.8 Å². The Bertz CT molecular complexity index is 1400. The van der Waals surface area contributed by atoms with Crippen LogP contribution in [0.1, 0.15) is 11.1 Å². The fourth-order valence-corrected chi connectivity index (χ4v) is 4.38. The third-order valence-corrected chi connectivity index (χ3v) is 6.65. The van der Waals surface area contributed by atoms with E-state index in [0.29, 0.717) is 30.3 Å². The molecule has 1 aliphatic heterocycles. The number of hydrogen-bond donors (Lipinski definition) is 3. The number of urea groups is 1. The Morgan fingerprint density at radius 3 is 2.37 bits per heavy atom. The number of pyridine rings is 1. The summed E-state index contributed by atoms with van der Waals surface area (Å²) in [6, 6.07) is 11.5. The molecular weight excluding hydrogens is 537 g/mol. The number of nitrogens with zero attached hydrogens (tertiary/aromatic N) is 3. The lowest BCUT2D eigenvalue weighted by molar-refractivity contribution is -0.138. The molecule has 2 aromatic carbocycles. The number of alkyl halides is 3. The van der Waals surface area contributed by atoms with Crippen LogP contribution in [-0.4, -0.2) is 67.1 Å². The monoisotopic (exact) mass is 568 g/mol. The average Bonchev–Trinajstić information content (AvgIpc) is 2.95. The predicted molar refractivity (Wildman–Crippen MR) is 152 cm³/mol. The molecule has 41 heavy (non-hydrogen) atoms. The molecule has 0 radical (unpaired) electrons. The quantitative estimate of drug-likeness (QED) is 0.320. The van der Waals surface area contributed by atoms with Gasteiger partial charge in [-0.1, -0.05) is 18.7 Å². The molecule has 2 heterocycles. The van der Waals surface area contributed by atoms with Crippen LogP contribution in [0.3, 0.4) is 0 Å². The zero-order chi connectivity index (χ0) is 29.6. The molecule has 216 valence electrons. The van der Waals surface area contributed by atoms with Crippen molar-refractivity contribution in [1.29, 1.82) is 0 Å². The molecule has 0 atom stereocenters. The van der Waals surface area contributed by atoms with Gasteiger partial charge in [0.05, 0.1) is 18.4 Å². The molecule has 1 aliphatic rings. The summed E-state index contributed by atoms with van der Waals surface area (Å²) in [6.07, 6.45) is -1.86. The number of aromatic nitrogens is 1. The van der Waals surface area contributed by atoms with Crippen LogP contribution in [0, 0.1) is 0 Å². The Kier molecular flexibility index (Phi) is 9.25. The molecule has 0 saturated carbocycles. The SMILES string of the molecule is C=CC(=O)Nc1ccc(-c2ccc(NC(=O)Nc3ccc(CN4CCN(C)CC4)c(C(F)(F)F)c3)c(OC)c2)cn1. The zero-order valence-electron chi connectivity index (χ0n) is 22.7. The summed E-state index contributed by atoms with van der Waals surface area (Å²) in [6.45, 7) is 6.54. The van der Waals surface area contributed by atoms with Gasteiger partial charge in [0.1, 0.15) is 11.6 Å². The summed E-state index contributed by atoms with van der Waals surface area (Å²) in [5.41, 5.74) is 1.18. The molecule has 1 aromatic heterocycles. The Morgan fingerprint density at radius 1 is 1.00 bits per heavy atom. The normalized spacial score (nSPS) is 14.3. The van der Waals surface area contributed by atoms with Gasteiger partial charge in [-0.3, -0.25) is 9.69 Å². The second-order valence-electron chi connectivity index (χ2n) is 9.57. The van der Waals surface area contributed by atoms with Crippen LogP contribution in [0.15, 0.2) is 67.4 Å². The fraction of sp³-hybridized carbons (Fsp3) is 0.276. The number of carbonyl (C=O) groups is 2. The summed E-state index contributed by atoms with van der Waals surface area (Å²) < 4.78 is 47.1. The van der Waals surface area contributed by atoms with Crippen LogP contribution in [0.4, 0.5) is 35.2 Å². The molecule has 1 fully saturated rings. The third kappa shape index (κ3) is 7.83. The topological polar surface area (TPSA) is 98.8 Å². The smallest absolute Gasteiger partial charge is 0.416 e. The lowest BCUT2D eigenvalue weighted by atomic mass is 10.0. The van der Waals surface area contributed by atoms with E-state index in [9.17, 15) is 22.8 Å². The number of likely N-dealkylation sites (N-methyl/N-ethyl adjacent to an activating group) is 1. The Morgan fingerprint density at radius 2 is 1.73 bits per heavy atom. The first-order chi connectivity index (χ1) is 19.5. The van der Waals surface area contributed by atoms with Gasteiger partial charge in [-0.05, 0) is 60.6 Å². The third-order valence-electron chi connectivity index (χ3n) is 6.65. The van der Waals surface area contributed by atoms with Crippen LogP contribution >= 0.6 is 0 Å². The number of carbonyl (C=O) groups excluding carboxylic acids is 2. The number of amides is 3. The van der Waals surface area contributed by atoms with Crippen molar-refractivity contribution in [3.63, 3.8) is 0 Å². The van der Waals surface area contributed by atoms with Gasteiger partial charge in [0, 0.05) is 50.2 Å². The van der Waals surface area contributed by atoms with Gasteiger partial charge in [0.25, 0.3) is 0 Å². The molecule has 3 amide bonds. The number of nitrogens with one attached hydrogen (secondary N) is 3. The van der Waals surface area contributed by atoms with E-state index in [1.54, 1.807) is 36.5 Å². The Hall–Kier alpha value is -4.42. The maximum Gasteiger partial charge on any atom is 0.416 e. The highest BCUT2D eigenvalue weighted by Gasteiger charge is 2.34. The number of methoxy groups -OCH3 is 1. The summed E-state index contributed by atoms with van der Waals surface area (Å²) in [5, 5.41) is 7.68. The highest BCUT2D eigenvalue weighted by atomic mass is 19.4. The first kappa shape index (κ1) is 29.6. The number of anilines is 3. The average molecular weight is 569 g/mol. The van der Waals surface area contributed by atoms with Gasteiger partial charge >= 0.3 is 12.2 Å². The molecule has 3 aromatic rings. The highest BCUT2D eigenvalue weighted by molar-refractivity contribution is 6.01. The second-order valence-corrected chi connectivity index (χ2v) is 9.57. The first-order valence-electron chi connectivity index (χ1n) is 12.8. The van der Waals surface area contributed by atoms with E-state index in [4.69, 9.17) is 4.74 Å². The van der Waals surface area contributed by atoms with Crippen molar-refractivity contribution in [2.45, 2.75) is 12.7 Å². The van der Waals surface area contributed by atoms with E-state index in [1.807, 2.05) is 11.9 Å². The molecular formula is C29H31F3N6O3.